The number of aliphatic imine (C=N–C) groups is 1. The van der Waals surface area contributed by atoms with E-state index in [0.717, 1.165) is 17.7 Å². The van der Waals surface area contributed by atoms with Crippen molar-refractivity contribution in [2.75, 3.05) is 26.2 Å². The second kappa shape index (κ2) is 37.1. The first-order valence-electron chi connectivity index (χ1n) is 30.8. The third kappa shape index (κ3) is 24.1. The number of fused-ring (bicyclic) bond motifs is 1. The van der Waals surface area contributed by atoms with Crippen molar-refractivity contribution in [3.05, 3.63) is 113 Å². The van der Waals surface area contributed by atoms with Crippen molar-refractivity contribution in [2.24, 2.45) is 39.7 Å². The number of guanidine groups is 1. The Morgan fingerprint density at radius 1 is 0.600 bits per heavy atom. The highest BCUT2D eigenvalue weighted by Crippen LogP contribution is 2.22. The van der Waals surface area contributed by atoms with E-state index in [-0.39, 0.29) is 82.2 Å². The van der Waals surface area contributed by atoms with Crippen molar-refractivity contribution < 1.29 is 67.7 Å². The van der Waals surface area contributed by atoms with E-state index in [1.807, 2.05) is 23.6 Å². The van der Waals surface area contributed by atoms with Crippen LogP contribution in [0.15, 0.2) is 96.0 Å². The van der Waals surface area contributed by atoms with E-state index in [1.54, 1.807) is 50.2 Å². The minimum atomic E-state index is -1.93. The highest BCUT2D eigenvalue weighted by atomic mass is 35.5. The maximum atomic E-state index is 15.0. The average molecular weight is 1340 g/mol. The quantitative estimate of drug-likeness (QED) is 0.00532. The van der Waals surface area contributed by atoms with Crippen LogP contribution in [0.25, 0.3) is 10.8 Å². The van der Waals surface area contributed by atoms with Crippen LogP contribution in [0, 0.1) is 5.92 Å². The number of nitrogens with two attached hydrogens (primary N) is 5. The van der Waals surface area contributed by atoms with Crippen molar-refractivity contribution in [3.8, 4) is 5.75 Å². The molecule has 1 heterocycles. The van der Waals surface area contributed by atoms with E-state index in [9.17, 15) is 63.0 Å². The van der Waals surface area contributed by atoms with E-state index < -0.39 is 144 Å². The van der Waals surface area contributed by atoms with Crippen LogP contribution in [0.1, 0.15) is 82.9 Å². The zero-order valence-corrected chi connectivity index (χ0v) is 53.9. The van der Waals surface area contributed by atoms with Crippen LogP contribution in [0.2, 0.25) is 5.02 Å². The monoisotopic (exact) mass is 1340 g/mol. The van der Waals surface area contributed by atoms with Gasteiger partial charge in [-0.25, -0.2) is 5.84 Å². The van der Waals surface area contributed by atoms with Gasteiger partial charge in [-0.2, -0.15) is 0 Å². The second-order valence-corrected chi connectivity index (χ2v) is 23.8. The molecule has 31 nitrogen and oxygen atoms in total. The number of nitrogens with one attached hydrogen (secondary N) is 10. The van der Waals surface area contributed by atoms with Crippen molar-refractivity contribution in [2.45, 2.75) is 146 Å². The molecule has 0 unspecified atom stereocenters. The number of hydrazine groups is 1. The lowest BCUT2D eigenvalue weighted by Gasteiger charge is -2.31. The molecule has 95 heavy (non-hydrogen) atoms. The molecule has 10 atom stereocenters. The Hall–Kier alpha value is -9.98. The first kappa shape index (κ1) is 75.7. The van der Waals surface area contributed by atoms with Gasteiger partial charge in [0.05, 0.1) is 13.0 Å². The van der Waals surface area contributed by atoms with Gasteiger partial charge >= 0.3 is 0 Å². The van der Waals surface area contributed by atoms with Gasteiger partial charge < -0.3 is 85.9 Å². The third-order valence-corrected chi connectivity index (χ3v) is 15.6. The van der Waals surface area contributed by atoms with E-state index in [2.05, 4.69) is 52.8 Å². The van der Waals surface area contributed by atoms with Crippen LogP contribution < -0.4 is 82.1 Å². The molecule has 1 saturated heterocycles. The van der Waals surface area contributed by atoms with Gasteiger partial charge in [0, 0.05) is 50.8 Å². The van der Waals surface area contributed by atoms with Crippen LogP contribution in [-0.4, -0.2) is 179 Å². The van der Waals surface area contributed by atoms with E-state index in [4.69, 9.17) is 40.4 Å². The third-order valence-electron chi connectivity index (χ3n) is 15.3. The molecular weight excluding hydrogens is 1250 g/mol. The Labute approximate surface area is 553 Å². The fourth-order valence-corrected chi connectivity index (χ4v) is 10.5. The van der Waals surface area contributed by atoms with Gasteiger partial charge in [0.15, 0.2) is 5.96 Å². The summed E-state index contributed by atoms with van der Waals surface area (Å²) in [5.41, 5.74) is 25.5. The summed E-state index contributed by atoms with van der Waals surface area (Å²) in [6.45, 7) is 4.76. The first-order chi connectivity index (χ1) is 45.1. The van der Waals surface area contributed by atoms with Crippen LogP contribution >= 0.6 is 11.6 Å². The standard InChI is InChI=1S/C63H86ClN17O14/c1-33(2)25-44(54(87)73-43(11-7-23-70-63(67)68)62(95)81-24-8-12-51(81)61(94)71-34(3)53(66)86)74-57(90)47(29-38-13-18-39-9-5-6-10-40(39)26-38)75-55(88)46(28-37-16-21-42(84)22-17-37)77-60(93)50(32-82)79-58(91)48(30-52(85)80-69)78-56(89)45(27-36-14-19-41(64)20-15-36)76-59(92)49(31-65)72-35(4)83/h5-6,9-10,13-22,26,33-34,43-51,82,84H,7-8,11-12,23-25,27-32,65,69H2,1-4H3,(H2,66,86)(H,71,94)(H,72,83)(H,73,87)(H,74,90)(H,75,88)(H,76,92)(H,77,93)(H,78,89)(H,79,91)(H,80,85)(H4,67,68,70)/t34-,43+,44+,45-,46+,47-,48-,49-,50+,51+/m1/s1. The number of hydrogen-bond donors (Lipinski definition) is 17. The van der Waals surface area contributed by atoms with Gasteiger partial charge in [-0.1, -0.05) is 92.2 Å². The van der Waals surface area contributed by atoms with Crippen LogP contribution in [0.5, 0.6) is 5.75 Å². The average Bonchev–Trinajstić information content (AvgIpc) is 1.82. The number of primary amides is 1. The zero-order valence-electron chi connectivity index (χ0n) is 53.2. The molecule has 4 aromatic rings. The Kier molecular flexibility index (Phi) is 29.5. The number of amides is 12. The van der Waals surface area contributed by atoms with E-state index >= 15 is 4.79 Å². The summed E-state index contributed by atoms with van der Waals surface area (Å²) >= 11 is 6.09. The molecule has 4 aromatic carbocycles. The van der Waals surface area contributed by atoms with Crippen molar-refractivity contribution >= 4 is 99.2 Å². The number of phenols is 1. The molecule has 1 aliphatic heterocycles. The van der Waals surface area contributed by atoms with Crippen LogP contribution in [-0.2, 0) is 76.8 Å². The van der Waals surface area contributed by atoms with Crippen molar-refractivity contribution in [1.29, 1.82) is 0 Å². The fraction of sp³-hybridized carbons (Fsp3) is 0.444. The lowest BCUT2D eigenvalue weighted by molar-refractivity contribution is -0.142. The number of benzene rings is 4. The number of carbonyl (C=O) groups excluding carboxylic acids is 12. The number of aliphatic hydroxyl groups is 1. The normalized spacial score (nSPS) is 15.5. The predicted molar refractivity (Wildman–Crippen MR) is 350 cm³/mol. The molecule has 1 fully saturated rings. The van der Waals surface area contributed by atoms with Gasteiger partial charge in [-0.05, 0) is 96.7 Å². The highest BCUT2D eigenvalue weighted by Gasteiger charge is 2.40. The number of carbonyl (C=O) groups is 12. The summed E-state index contributed by atoms with van der Waals surface area (Å²) in [7, 11) is 0. The number of nitrogens with zero attached hydrogens (tertiary/aromatic N) is 2. The number of halogens is 1. The molecule has 514 valence electrons. The molecule has 1 aliphatic rings. The number of aromatic hydroxyl groups is 1. The SMILES string of the molecule is CC(=O)N[C@H](CN)C(=O)N[C@H](Cc1ccc(Cl)cc1)C(=O)N[C@H](CC(=O)NN)C(=O)N[C@@H](CO)C(=O)N[C@@H](Cc1ccc(O)cc1)C(=O)N[C@H](Cc1ccc2ccccc2c1)C(=O)N[C@@H](CC(C)C)C(=O)N[C@@H](CCCN=C(N)N)C(=O)N1CCC[C@H]1C(=O)N[C@H](C)C(N)=O. The second-order valence-electron chi connectivity index (χ2n) is 23.4. The van der Waals surface area contributed by atoms with E-state index in [1.165, 1.54) is 48.2 Å². The fourth-order valence-electron chi connectivity index (χ4n) is 10.3. The summed E-state index contributed by atoms with van der Waals surface area (Å²) in [6, 6.07) is 9.75. The molecule has 0 aliphatic carbocycles. The van der Waals surface area contributed by atoms with Crippen molar-refractivity contribution in [1.82, 2.24) is 58.2 Å². The van der Waals surface area contributed by atoms with Crippen LogP contribution in [0.4, 0.5) is 0 Å². The number of aliphatic hydroxyl groups excluding tert-OH is 1. The topological polar surface area (TPSA) is 511 Å². The lowest BCUT2D eigenvalue weighted by Crippen LogP contribution is -2.62. The molecule has 12 amide bonds. The summed E-state index contributed by atoms with van der Waals surface area (Å²) in [4.78, 5) is 171. The molecule has 0 radical (unpaired) electrons. The molecule has 0 bridgehead atoms. The molecule has 0 spiro atoms. The van der Waals surface area contributed by atoms with Crippen LogP contribution in [0.3, 0.4) is 0 Å². The molecular formula is C63H86ClN17O14. The van der Waals surface area contributed by atoms with Gasteiger partial charge in [0.25, 0.3) is 0 Å². The first-order valence-corrected chi connectivity index (χ1v) is 31.1. The molecule has 5 rings (SSSR count). The molecule has 0 aromatic heterocycles. The van der Waals surface area contributed by atoms with Gasteiger partial charge in [0.2, 0.25) is 70.9 Å². The maximum Gasteiger partial charge on any atom is 0.245 e. The minimum Gasteiger partial charge on any atom is -0.508 e. The Morgan fingerprint density at radius 2 is 1.08 bits per heavy atom. The number of likely N-dealkylation sites (tertiary alicyclic amines) is 1. The molecule has 0 saturated carbocycles. The summed E-state index contributed by atoms with van der Waals surface area (Å²) < 4.78 is 0. The number of phenolic OH excluding ortho intramolecular Hbond substituents is 1. The summed E-state index contributed by atoms with van der Waals surface area (Å²) in [6.07, 6.45) is -0.872. The minimum absolute atomic E-state index is 0.00614. The lowest BCUT2D eigenvalue weighted by atomic mass is 9.98. The summed E-state index contributed by atoms with van der Waals surface area (Å²) in [5.74, 6) is -6.00. The van der Waals surface area contributed by atoms with Crippen molar-refractivity contribution in [3.63, 3.8) is 0 Å². The highest BCUT2D eigenvalue weighted by molar-refractivity contribution is 6.30. The Bertz CT molecular complexity index is 3410. The zero-order chi connectivity index (χ0) is 70.1. The van der Waals surface area contributed by atoms with E-state index in [0.29, 0.717) is 28.1 Å². The smallest absolute Gasteiger partial charge is 0.245 e. The number of rotatable bonds is 35. The largest absolute Gasteiger partial charge is 0.508 e. The van der Waals surface area contributed by atoms with Gasteiger partial charge in [-0.15, -0.1) is 0 Å². The Morgan fingerprint density at radius 3 is 1.62 bits per heavy atom. The maximum absolute atomic E-state index is 15.0. The van der Waals surface area contributed by atoms with Gasteiger partial charge in [-0.3, -0.25) is 68.0 Å². The van der Waals surface area contributed by atoms with Gasteiger partial charge in [0.1, 0.15) is 66.2 Å². The summed E-state index contributed by atoms with van der Waals surface area (Å²) in [5, 5.41) is 45.7. The molecule has 32 heteroatoms. The predicted octanol–water partition coefficient (Wildman–Crippen LogP) is -3.46. The Balaban J connectivity index is 1.46. The number of hydrogen-bond acceptors (Lipinski definition) is 17. The molecule has 22 N–H and O–H groups in total.